The number of rotatable bonds is 3. The molecule has 0 spiro atoms. The number of hydrogen-bond donors (Lipinski definition) is 1. The molecular formula is C18H17N3O3. The van der Waals surface area contributed by atoms with E-state index in [1.807, 2.05) is 0 Å². The minimum atomic E-state index is -0.194. The number of imidazole rings is 1. The van der Waals surface area contributed by atoms with E-state index in [9.17, 15) is 14.4 Å². The lowest BCUT2D eigenvalue weighted by molar-refractivity contribution is -0.114. The lowest BCUT2D eigenvalue weighted by atomic mass is 10.0. The molecule has 0 unspecified atom stereocenters. The van der Waals surface area contributed by atoms with Crippen molar-refractivity contribution in [1.82, 2.24) is 9.13 Å². The standard InChI is InChI=1S/C18H17N3O3/c1-11(22)19-14-6-4-5-12(9-14)17(23)13-7-8-15-16(10-13)21(3)18(24)20(15)2/h4-10H,1-3H3,(H,19,22). The molecule has 0 radical (unpaired) electrons. The van der Waals surface area contributed by atoms with E-state index < -0.39 is 0 Å². The Hall–Kier alpha value is -3.15. The zero-order valence-electron chi connectivity index (χ0n) is 13.7. The summed E-state index contributed by atoms with van der Waals surface area (Å²) in [5, 5.41) is 2.66. The van der Waals surface area contributed by atoms with Crippen molar-refractivity contribution >= 4 is 28.4 Å². The first kappa shape index (κ1) is 15.7. The molecule has 0 aliphatic carbocycles. The van der Waals surface area contributed by atoms with Gasteiger partial charge in [0.05, 0.1) is 11.0 Å². The van der Waals surface area contributed by atoms with Crippen molar-refractivity contribution in [1.29, 1.82) is 0 Å². The molecule has 1 aromatic heterocycles. The maximum Gasteiger partial charge on any atom is 0.328 e. The molecule has 0 aliphatic rings. The normalized spacial score (nSPS) is 10.8. The summed E-state index contributed by atoms with van der Waals surface area (Å²) in [6.45, 7) is 1.42. The number of carbonyl (C=O) groups is 2. The number of aromatic nitrogens is 2. The van der Waals surface area contributed by atoms with Crippen LogP contribution >= 0.6 is 0 Å². The molecule has 3 aromatic rings. The summed E-state index contributed by atoms with van der Waals surface area (Å²) >= 11 is 0. The highest BCUT2D eigenvalue weighted by atomic mass is 16.2. The van der Waals surface area contributed by atoms with Crippen LogP contribution in [-0.2, 0) is 18.9 Å². The maximum atomic E-state index is 12.7. The lowest BCUT2D eigenvalue weighted by Gasteiger charge is -2.06. The molecule has 0 fully saturated rings. The third kappa shape index (κ3) is 2.62. The number of amides is 1. The molecule has 1 heterocycles. The molecule has 0 saturated heterocycles. The lowest BCUT2D eigenvalue weighted by Crippen LogP contribution is -2.19. The van der Waals surface area contributed by atoms with Gasteiger partial charge in [0.15, 0.2) is 5.78 Å². The number of ketones is 1. The fourth-order valence-corrected chi connectivity index (χ4v) is 2.76. The Morgan fingerprint density at radius 1 is 0.917 bits per heavy atom. The van der Waals surface area contributed by atoms with Crippen LogP contribution in [0.2, 0.25) is 0 Å². The summed E-state index contributed by atoms with van der Waals surface area (Å²) in [4.78, 5) is 35.9. The van der Waals surface area contributed by atoms with E-state index in [4.69, 9.17) is 0 Å². The molecule has 1 N–H and O–H groups in total. The molecule has 0 aliphatic heterocycles. The van der Waals surface area contributed by atoms with E-state index in [0.717, 1.165) is 5.52 Å². The van der Waals surface area contributed by atoms with Crippen LogP contribution in [-0.4, -0.2) is 20.8 Å². The van der Waals surface area contributed by atoms with Gasteiger partial charge in [-0.2, -0.15) is 0 Å². The van der Waals surface area contributed by atoms with Crippen LogP contribution in [0.4, 0.5) is 5.69 Å². The average molecular weight is 323 g/mol. The van der Waals surface area contributed by atoms with Gasteiger partial charge in [0.25, 0.3) is 0 Å². The molecule has 0 saturated carbocycles. The third-order valence-corrected chi connectivity index (χ3v) is 3.98. The van der Waals surface area contributed by atoms with Crippen LogP contribution in [0.1, 0.15) is 22.8 Å². The summed E-state index contributed by atoms with van der Waals surface area (Å²) in [5.41, 5.74) is 2.87. The number of aryl methyl sites for hydroxylation is 2. The summed E-state index contributed by atoms with van der Waals surface area (Å²) < 4.78 is 3.06. The number of benzene rings is 2. The number of anilines is 1. The monoisotopic (exact) mass is 323 g/mol. The van der Waals surface area contributed by atoms with Gasteiger partial charge in [-0.05, 0) is 30.3 Å². The molecule has 6 nitrogen and oxygen atoms in total. The van der Waals surface area contributed by atoms with E-state index in [1.54, 1.807) is 61.1 Å². The SMILES string of the molecule is CC(=O)Nc1cccc(C(=O)c2ccc3c(c2)n(C)c(=O)n3C)c1. The van der Waals surface area contributed by atoms with Gasteiger partial charge < -0.3 is 5.32 Å². The highest BCUT2D eigenvalue weighted by molar-refractivity contribution is 6.11. The summed E-state index contributed by atoms with van der Waals surface area (Å²) in [7, 11) is 3.37. The van der Waals surface area contributed by atoms with Crippen LogP contribution < -0.4 is 11.0 Å². The van der Waals surface area contributed by atoms with E-state index in [2.05, 4.69) is 5.32 Å². The van der Waals surface area contributed by atoms with Gasteiger partial charge in [0.2, 0.25) is 5.91 Å². The van der Waals surface area contributed by atoms with Gasteiger partial charge in [-0.15, -0.1) is 0 Å². The molecular weight excluding hydrogens is 306 g/mol. The second-order valence-corrected chi connectivity index (χ2v) is 5.70. The highest BCUT2D eigenvalue weighted by Crippen LogP contribution is 2.19. The zero-order valence-corrected chi connectivity index (χ0v) is 13.7. The Bertz CT molecular complexity index is 1030. The number of fused-ring (bicyclic) bond motifs is 1. The third-order valence-electron chi connectivity index (χ3n) is 3.98. The predicted molar refractivity (Wildman–Crippen MR) is 92.3 cm³/mol. The van der Waals surface area contributed by atoms with Crippen LogP contribution in [0.5, 0.6) is 0 Å². The first-order valence-electron chi connectivity index (χ1n) is 7.46. The van der Waals surface area contributed by atoms with Gasteiger partial charge in [-0.3, -0.25) is 18.7 Å². The van der Waals surface area contributed by atoms with Crippen LogP contribution in [0, 0.1) is 0 Å². The molecule has 3 rings (SSSR count). The fourth-order valence-electron chi connectivity index (χ4n) is 2.76. The number of nitrogens with one attached hydrogen (secondary N) is 1. The molecule has 122 valence electrons. The number of hydrogen-bond acceptors (Lipinski definition) is 3. The van der Waals surface area contributed by atoms with E-state index in [-0.39, 0.29) is 17.4 Å². The van der Waals surface area contributed by atoms with E-state index in [0.29, 0.717) is 22.3 Å². The first-order valence-corrected chi connectivity index (χ1v) is 7.46. The Morgan fingerprint density at radius 2 is 1.58 bits per heavy atom. The highest BCUT2D eigenvalue weighted by Gasteiger charge is 2.14. The Kier molecular flexibility index (Phi) is 3.81. The van der Waals surface area contributed by atoms with Crippen LogP contribution in [0.3, 0.4) is 0 Å². The van der Waals surface area contributed by atoms with Crippen LogP contribution in [0.15, 0.2) is 47.3 Å². The largest absolute Gasteiger partial charge is 0.328 e. The van der Waals surface area contributed by atoms with E-state index >= 15 is 0 Å². The minimum absolute atomic E-state index is 0.137. The average Bonchev–Trinajstić information content (AvgIpc) is 2.78. The Morgan fingerprint density at radius 3 is 2.29 bits per heavy atom. The van der Waals surface area contributed by atoms with Crippen molar-refractivity contribution < 1.29 is 9.59 Å². The van der Waals surface area contributed by atoms with Crippen LogP contribution in [0.25, 0.3) is 11.0 Å². The van der Waals surface area contributed by atoms with Crippen molar-refractivity contribution in [3.8, 4) is 0 Å². The smallest absolute Gasteiger partial charge is 0.326 e. The van der Waals surface area contributed by atoms with Crippen molar-refractivity contribution in [3.05, 3.63) is 64.1 Å². The minimum Gasteiger partial charge on any atom is -0.326 e. The van der Waals surface area contributed by atoms with Crippen molar-refractivity contribution in [2.45, 2.75) is 6.92 Å². The van der Waals surface area contributed by atoms with Gasteiger partial charge in [0.1, 0.15) is 0 Å². The molecule has 0 bridgehead atoms. The molecule has 2 aromatic carbocycles. The second-order valence-electron chi connectivity index (χ2n) is 5.70. The number of carbonyl (C=O) groups excluding carboxylic acids is 2. The van der Waals surface area contributed by atoms with Crippen molar-refractivity contribution in [2.75, 3.05) is 5.32 Å². The van der Waals surface area contributed by atoms with Crippen molar-refractivity contribution in [2.24, 2.45) is 14.1 Å². The second kappa shape index (κ2) is 5.81. The van der Waals surface area contributed by atoms with E-state index in [1.165, 1.54) is 11.5 Å². The fraction of sp³-hybridized carbons (Fsp3) is 0.167. The number of nitrogens with zero attached hydrogens (tertiary/aromatic N) is 2. The molecule has 24 heavy (non-hydrogen) atoms. The quantitative estimate of drug-likeness (QED) is 0.750. The van der Waals surface area contributed by atoms with Gasteiger partial charge in [-0.25, -0.2) is 4.79 Å². The van der Waals surface area contributed by atoms with Gasteiger partial charge >= 0.3 is 5.69 Å². The molecule has 6 heteroatoms. The predicted octanol–water partition coefficient (Wildman–Crippen LogP) is 2.07. The summed E-state index contributed by atoms with van der Waals surface area (Å²) in [5.74, 6) is -0.360. The molecule has 1 amide bonds. The zero-order chi connectivity index (χ0) is 17.4. The van der Waals surface area contributed by atoms with Crippen molar-refractivity contribution in [3.63, 3.8) is 0 Å². The summed E-state index contributed by atoms with van der Waals surface area (Å²) in [6.07, 6.45) is 0. The topological polar surface area (TPSA) is 73.1 Å². The first-order chi connectivity index (χ1) is 11.4. The van der Waals surface area contributed by atoms with Gasteiger partial charge in [0, 0.05) is 37.8 Å². The Balaban J connectivity index is 2.04. The molecule has 0 atom stereocenters. The Labute approximate surface area is 138 Å². The van der Waals surface area contributed by atoms with Gasteiger partial charge in [-0.1, -0.05) is 12.1 Å². The maximum absolute atomic E-state index is 12.7. The summed E-state index contributed by atoms with van der Waals surface area (Å²) in [6, 6.07) is 12.0.